The summed E-state index contributed by atoms with van der Waals surface area (Å²) in [7, 11) is 1.75. The molecule has 0 saturated heterocycles. The molecular weight excluding hydrogens is 484 g/mol. The molecule has 0 bridgehead atoms. The maximum atomic E-state index is 13.5. The number of carbonyl (C=O) groups is 2. The van der Waals surface area contributed by atoms with Gasteiger partial charge in [-0.3, -0.25) is 4.79 Å². The highest BCUT2D eigenvalue weighted by Gasteiger charge is 2.24. The van der Waals surface area contributed by atoms with E-state index in [1.54, 1.807) is 31.0 Å². The number of anilines is 1. The third-order valence-electron chi connectivity index (χ3n) is 6.43. The van der Waals surface area contributed by atoms with Crippen molar-refractivity contribution < 1.29 is 19.1 Å². The van der Waals surface area contributed by atoms with E-state index in [9.17, 15) is 14.4 Å². The molecule has 1 heterocycles. The highest BCUT2D eigenvalue weighted by Crippen LogP contribution is 2.20. The normalized spacial score (nSPS) is 11.6. The van der Waals surface area contributed by atoms with E-state index in [2.05, 4.69) is 15.6 Å². The second kappa shape index (κ2) is 12.1. The van der Waals surface area contributed by atoms with E-state index in [4.69, 9.17) is 9.52 Å². The maximum Gasteiger partial charge on any atom is 0.404 e. The van der Waals surface area contributed by atoms with Crippen LogP contribution in [0.5, 0.6) is 0 Å². The van der Waals surface area contributed by atoms with Gasteiger partial charge in [0.25, 0.3) is 6.01 Å². The Kier molecular flexibility index (Phi) is 8.37. The quantitative estimate of drug-likeness (QED) is 0.292. The van der Waals surface area contributed by atoms with Crippen molar-refractivity contribution in [2.24, 2.45) is 0 Å². The van der Waals surface area contributed by atoms with Gasteiger partial charge in [0.15, 0.2) is 0 Å². The molecule has 1 atom stereocenters. The molecule has 3 aromatic carbocycles. The predicted molar refractivity (Wildman–Crippen MR) is 145 cm³/mol. The number of benzene rings is 3. The largest absolute Gasteiger partial charge is 0.465 e. The van der Waals surface area contributed by atoms with Crippen molar-refractivity contribution in [3.63, 3.8) is 0 Å². The molecule has 3 N–H and O–H groups in total. The van der Waals surface area contributed by atoms with Gasteiger partial charge >= 0.3 is 11.7 Å². The van der Waals surface area contributed by atoms with E-state index < -0.39 is 17.8 Å². The van der Waals surface area contributed by atoms with Gasteiger partial charge in [-0.1, -0.05) is 66.7 Å². The van der Waals surface area contributed by atoms with E-state index in [0.29, 0.717) is 36.0 Å². The van der Waals surface area contributed by atoms with Crippen molar-refractivity contribution in [2.45, 2.75) is 32.4 Å². The standard InChI is InChI=1S/C29H30N4O5/c1-19-22(18-30-29(36)37)13-14-23-25(19)27(35)38-28(31-23)32-24(17-21-11-7-4-8-12-21)26(34)33(2)16-15-20-9-5-3-6-10-20/h3-14,24,30H,15-18H2,1-2H3,(H,31,32)(H,36,37)/t24-/m0/s1. The van der Waals surface area contributed by atoms with Crippen molar-refractivity contribution in [3.8, 4) is 0 Å². The number of hydrogen-bond donors (Lipinski definition) is 3. The fourth-order valence-electron chi connectivity index (χ4n) is 4.30. The zero-order chi connectivity index (χ0) is 27.1. The van der Waals surface area contributed by atoms with E-state index in [0.717, 1.165) is 11.1 Å². The topological polar surface area (TPSA) is 125 Å². The molecule has 0 aliphatic rings. The highest BCUT2D eigenvalue weighted by atomic mass is 16.4. The van der Waals surface area contributed by atoms with Crippen LogP contribution in [0.4, 0.5) is 10.8 Å². The molecule has 9 heteroatoms. The molecule has 0 aliphatic carbocycles. The molecule has 196 valence electrons. The van der Waals surface area contributed by atoms with Crippen LogP contribution in [-0.4, -0.2) is 46.6 Å². The second-order valence-electron chi connectivity index (χ2n) is 9.09. The molecule has 9 nitrogen and oxygen atoms in total. The Balaban J connectivity index is 1.58. The molecule has 4 aromatic rings. The first kappa shape index (κ1) is 26.4. The number of hydrogen-bond acceptors (Lipinski definition) is 6. The lowest BCUT2D eigenvalue weighted by Crippen LogP contribution is -2.43. The fourth-order valence-corrected chi connectivity index (χ4v) is 4.30. The number of fused-ring (bicyclic) bond motifs is 1. The van der Waals surface area contributed by atoms with E-state index in [1.807, 2.05) is 60.7 Å². The number of carbonyl (C=O) groups excluding carboxylic acids is 1. The number of nitrogens with zero attached hydrogens (tertiary/aromatic N) is 2. The van der Waals surface area contributed by atoms with Crippen LogP contribution < -0.4 is 16.3 Å². The van der Waals surface area contributed by atoms with Gasteiger partial charge < -0.3 is 25.1 Å². The van der Waals surface area contributed by atoms with Crippen molar-refractivity contribution in [1.82, 2.24) is 15.2 Å². The lowest BCUT2D eigenvalue weighted by molar-refractivity contribution is -0.130. The van der Waals surface area contributed by atoms with Gasteiger partial charge in [0.05, 0.1) is 10.9 Å². The SMILES string of the molecule is Cc1c(CNC(=O)O)ccc2nc(N[C@@H](Cc3ccccc3)C(=O)N(C)CCc3ccccc3)oc(=O)c12. The summed E-state index contributed by atoms with van der Waals surface area (Å²) in [6.07, 6.45) is -0.0718. The van der Waals surface area contributed by atoms with Gasteiger partial charge in [-0.25, -0.2) is 9.59 Å². The van der Waals surface area contributed by atoms with Gasteiger partial charge in [-0.2, -0.15) is 4.98 Å². The van der Waals surface area contributed by atoms with Gasteiger partial charge in [0.2, 0.25) is 5.91 Å². The Hall–Kier alpha value is -4.66. The van der Waals surface area contributed by atoms with Gasteiger partial charge in [-0.05, 0) is 41.7 Å². The number of aryl methyl sites for hydroxylation is 1. The molecule has 2 amide bonds. The summed E-state index contributed by atoms with van der Waals surface area (Å²) in [5.74, 6) is -0.152. The molecule has 0 radical (unpaired) electrons. The first-order valence-electron chi connectivity index (χ1n) is 12.3. The third-order valence-corrected chi connectivity index (χ3v) is 6.43. The fraction of sp³-hybridized carbons (Fsp3) is 0.241. The van der Waals surface area contributed by atoms with Gasteiger partial charge in [-0.15, -0.1) is 0 Å². The minimum absolute atomic E-state index is 0.0518. The summed E-state index contributed by atoms with van der Waals surface area (Å²) in [4.78, 5) is 43.4. The minimum atomic E-state index is -1.16. The van der Waals surface area contributed by atoms with Crippen LogP contribution in [0.2, 0.25) is 0 Å². The summed E-state index contributed by atoms with van der Waals surface area (Å²) in [6.45, 7) is 2.30. The molecule has 4 rings (SSSR count). The Morgan fingerprint density at radius 3 is 2.32 bits per heavy atom. The van der Waals surface area contributed by atoms with E-state index >= 15 is 0 Å². The number of aromatic nitrogens is 1. The highest BCUT2D eigenvalue weighted by molar-refractivity contribution is 5.85. The van der Waals surface area contributed by atoms with Gasteiger partial charge in [0.1, 0.15) is 6.04 Å². The molecule has 1 aromatic heterocycles. The first-order valence-corrected chi connectivity index (χ1v) is 12.3. The molecule has 0 aliphatic heterocycles. The summed E-state index contributed by atoms with van der Waals surface area (Å²) in [5, 5.41) is 14.5. The average Bonchev–Trinajstić information content (AvgIpc) is 2.91. The van der Waals surface area contributed by atoms with Crippen LogP contribution in [0.1, 0.15) is 22.3 Å². The third kappa shape index (κ3) is 6.56. The molecule has 0 saturated carbocycles. The van der Waals surface area contributed by atoms with Crippen LogP contribution in [0.25, 0.3) is 10.9 Å². The number of rotatable bonds is 10. The van der Waals surface area contributed by atoms with Crippen molar-refractivity contribution in [1.29, 1.82) is 0 Å². The van der Waals surface area contributed by atoms with Crippen LogP contribution in [-0.2, 0) is 24.2 Å². The Bertz CT molecular complexity index is 1470. The molecular formula is C29H30N4O5. The van der Waals surface area contributed by atoms with E-state index in [-0.39, 0.29) is 23.9 Å². The zero-order valence-electron chi connectivity index (χ0n) is 21.3. The number of amides is 2. The van der Waals surface area contributed by atoms with Crippen LogP contribution in [0.15, 0.2) is 82.0 Å². The lowest BCUT2D eigenvalue weighted by Gasteiger charge is -2.25. The van der Waals surface area contributed by atoms with Crippen LogP contribution >= 0.6 is 0 Å². The Labute approximate surface area is 220 Å². The molecule has 38 heavy (non-hydrogen) atoms. The summed E-state index contributed by atoms with van der Waals surface area (Å²) in [5.41, 5.74) is 3.09. The smallest absolute Gasteiger partial charge is 0.404 e. The Morgan fingerprint density at radius 1 is 1.00 bits per heavy atom. The van der Waals surface area contributed by atoms with Crippen molar-refractivity contribution in [2.75, 3.05) is 18.9 Å². The van der Waals surface area contributed by atoms with Crippen molar-refractivity contribution in [3.05, 3.63) is 105 Å². The summed E-state index contributed by atoms with van der Waals surface area (Å²) < 4.78 is 5.49. The monoisotopic (exact) mass is 514 g/mol. The number of nitrogens with one attached hydrogen (secondary N) is 2. The Morgan fingerprint density at radius 2 is 1.66 bits per heavy atom. The van der Waals surface area contributed by atoms with Crippen LogP contribution in [0, 0.1) is 6.92 Å². The predicted octanol–water partition coefficient (Wildman–Crippen LogP) is 3.99. The summed E-state index contributed by atoms with van der Waals surface area (Å²) >= 11 is 0. The summed E-state index contributed by atoms with van der Waals surface area (Å²) in [6, 6.07) is 22.1. The lowest BCUT2D eigenvalue weighted by atomic mass is 10.0. The molecule has 0 unspecified atom stereocenters. The maximum absolute atomic E-state index is 13.5. The van der Waals surface area contributed by atoms with Crippen molar-refractivity contribution >= 4 is 28.9 Å². The molecule has 0 spiro atoms. The first-order chi connectivity index (χ1) is 18.3. The zero-order valence-corrected chi connectivity index (χ0v) is 21.3. The second-order valence-corrected chi connectivity index (χ2v) is 9.09. The minimum Gasteiger partial charge on any atom is -0.465 e. The number of carboxylic acid groups (broad SMARTS) is 1. The van der Waals surface area contributed by atoms with Crippen LogP contribution in [0.3, 0.4) is 0 Å². The van der Waals surface area contributed by atoms with E-state index in [1.165, 1.54) is 0 Å². The van der Waals surface area contributed by atoms with Gasteiger partial charge in [0, 0.05) is 26.6 Å². The number of likely N-dealkylation sites (N-methyl/N-ethyl adjacent to an activating group) is 1. The average molecular weight is 515 g/mol. The molecule has 0 fully saturated rings.